The van der Waals surface area contributed by atoms with Crippen molar-refractivity contribution in [2.45, 2.75) is 18.2 Å². The van der Waals surface area contributed by atoms with Crippen molar-refractivity contribution in [2.75, 3.05) is 0 Å². The molecule has 20 heavy (non-hydrogen) atoms. The van der Waals surface area contributed by atoms with E-state index >= 15 is 0 Å². The first-order chi connectivity index (χ1) is 9.76. The number of aromatic nitrogens is 2. The molecule has 0 unspecified atom stereocenters. The molecule has 0 N–H and O–H groups in total. The van der Waals surface area contributed by atoms with E-state index in [9.17, 15) is 4.39 Å². The lowest BCUT2D eigenvalue weighted by atomic mass is 10.0. The first-order valence-corrected chi connectivity index (χ1v) is 6.93. The van der Waals surface area contributed by atoms with Crippen LogP contribution in [0.5, 0.6) is 0 Å². The van der Waals surface area contributed by atoms with E-state index in [2.05, 4.69) is 15.9 Å². The number of hydrogen-bond donors (Lipinski definition) is 0. The van der Waals surface area contributed by atoms with Crippen molar-refractivity contribution in [1.82, 2.24) is 10.1 Å². The molecule has 1 aromatic heterocycles. The molecule has 0 aliphatic heterocycles. The Balaban J connectivity index is 1.64. The standard InChI is InChI=1S/C15H10ClFN2O/c16-7-13-18-15(19-20-13)14-11-5-9(6-12(11)14)8-2-1-3-10(17)4-8/h1-4,11,14H,5,7H2/t11-,14+/m1/s1. The molecule has 2 aliphatic carbocycles. The van der Waals surface area contributed by atoms with Crippen LogP contribution in [0.1, 0.15) is 29.6 Å². The predicted octanol–water partition coefficient (Wildman–Crippen LogP) is 3.67. The van der Waals surface area contributed by atoms with Gasteiger partial charge in [-0.25, -0.2) is 4.39 Å². The Bertz CT molecular complexity index is 761. The molecule has 4 rings (SSSR count). The molecule has 3 nitrogen and oxygen atoms in total. The smallest absolute Gasteiger partial charge is 0.241 e. The predicted molar refractivity (Wildman–Crippen MR) is 71.5 cm³/mol. The Morgan fingerprint density at radius 2 is 2.35 bits per heavy atom. The van der Waals surface area contributed by atoms with Gasteiger partial charge in [-0.05, 0) is 29.7 Å². The zero-order valence-corrected chi connectivity index (χ0v) is 11.2. The fourth-order valence-electron chi connectivity index (χ4n) is 2.79. The lowest BCUT2D eigenvalue weighted by Crippen LogP contribution is -1.91. The van der Waals surface area contributed by atoms with Crippen LogP contribution in [0.25, 0.3) is 5.57 Å². The molecule has 1 saturated carbocycles. The average molecular weight is 289 g/mol. The maximum Gasteiger partial charge on any atom is 0.241 e. The molecule has 1 aromatic carbocycles. The van der Waals surface area contributed by atoms with Crippen LogP contribution in [0.4, 0.5) is 4.39 Å². The van der Waals surface area contributed by atoms with Gasteiger partial charge in [0.25, 0.3) is 0 Å². The number of halogens is 2. The average Bonchev–Trinajstić information content (AvgIpc) is 2.87. The Morgan fingerprint density at radius 3 is 3.00 bits per heavy atom. The van der Waals surface area contributed by atoms with Gasteiger partial charge in [0, 0.05) is 11.5 Å². The summed E-state index contributed by atoms with van der Waals surface area (Å²) in [5, 5.41) is 3.94. The lowest BCUT2D eigenvalue weighted by Gasteiger charge is -2.02. The Morgan fingerprint density at radius 1 is 1.45 bits per heavy atom. The second kappa shape index (κ2) is 4.30. The quantitative estimate of drug-likeness (QED) is 0.639. The highest BCUT2D eigenvalue weighted by atomic mass is 35.5. The van der Waals surface area contributed by atoms with Gasteiger partial charge in [-0.15, -0.1) is 17.3 Å². The first-order valence-electron chi connectivity index (χ1n) is 6.40. The molecule has 0 amide bonds. The molecular weight excluding hydrogens is 279 g/mol. The van der Waals surface area contributed by atoms with Crippen LogP contribution in [0.15, 0.2) is 40.1 Å². The first kappa shape index (κ1) is 11.9. The van der Waals surface area contributed by atoms with E-state index in [1.807, 2.05) is 6.07 Å². The molecule has 1 heterocycles. The fraction of sp³-hybridized carbons (Fsp3) is 0.267. The zero-order chi connectivity index (χ0) is 13.7. The third-order valence-electron chi connectivity index (χ3n) is 3.80. The summed E-state index contributed by atoms with van der Waals surface area (Å²) in [4.78, 5) is 4.25. The highest BCUT2D eigenvalue weighted by Gasteiger charge is 2.51. The third-order valence-corrected chi connectivity index (χ3v) is 4.03. The number of allylic oxidation sites excluding steroid dienone is 1. The van der Waals surface area contributed by atoms with Crippen molar-refractivity contribution in [3.8, 4) is 0 Å². The van der Waals surface area contributed by atoms with Crippen molar-refractivity contribution in [1.29, 1.82) is 0 Å². The number of nitrogens with zero attached hydrogens (tertiary/aromatic N) is 2. The van der Waals surface area contributed by atoms with Gasteiger partial charge in [0.05, 0.1) is 5.92 Å². The maximum atomic E-state index is 13.2. The van der Waals surface area contributed by atoms with E-state index in [1.54, 1.807) is 12.1 Å². The molecule has 1 fully saturated rings. The number of alkyl halides is 1. The topological polar surface area (TPSA) is 38.9 Å². The highest BCUT2D eigenvalue weighted by Crippen LogP contribution is 2.59. The summed E-state index contributed by atoms with van der Waals surface area (Å²) >= 11 is 5.65. The summed E-state index contributed by atoms with van der Waals surface area (Å²) in [5.74, 6) is 1.73. The monoisotopic (exact) mass is 288 g/mol. The Kier molecular flexibility index (Phi) is 2.56. The number of benzene rings is 1. The molecule has 2 atom stereocenters. The van der Waals surface area contributed by atoms with E-state index in [-0.39, 0.29) is 17.6 Å². The van der Waals surface area contributed by atoms with Crippen molar-refractivity contribution in [3.63, 3.8) is 0 Å². The molecule has 0 saturated heterocycles. The zero-order valence-electron chi connectivity index (χ0n) is 10.4. The molecule has 0 spiro atoms. The number of hydrogen-bond acceptors (Lipinski definition) is 3. The molecule has 0 radical (unpaired) electrons. The van der Waals surface area contributed by atoms with E-state index in [1.165, 1.54) is 11.6 Å². The molecule has 100 valence electrons. The van der Waals surface area contributed by atoms with E-state index in [0.29, 0.717) is 17.6 Å². The Hall–Kier alpha value is -1.90. The SMILES string of the molecule is Fc1cccc(C2=C=C3[C@@H](C2)[C@@H]3c2noc(CCl)n2)c1. The van der Waals surface area contributed by atoms with Crippen LogP contribution in [0, 0.1) is 11.7 Å². The molecule has 5 heteroatoms. The normalized spacial score (nSPS) is 23.3. The second-order valence-electron chi connectivity index (χ2n) is 5.04. The van der Waals surface area contributed by atoms with Gasteiger partial charge in [-0.3, -0.25) is 0 Å². The van der Waals surface area contributed by atoms with Gasteiger partial charge in [0.1, 0.15) is 11.7 Å². The van der Waals surface area contributed by atoms with Crippen molar-refractivity contribution in [2.24, 2.45) is 5.92 Å². The minimum atomic E-state index is -0.219. The summed E-state index contributed by atoms with van der Waals surface area (Å²) in [5.41, 5.74) is 6.50. The number of fused-ring (bicyclic) bond motifs is 1. The van der Waals surface area contributed by atoms with Crippen LogP contribution in [0.2, 0.25) is 0 Å². The molecular formula is C15H10ClFN2O. The Labute approximate surface area is 119 Å². The largest absolute Gasteiger partial charge is 0.338 e. The maximum absolute atomic E-state index is 13.2. The van der Waals surface area contributed by atoms with E-state index in [0.717, 1.165) is 17.6 Å². The number of rotatable bonds is 3. The van der Waals surface area contributed by atoms with Gasteiger partial charge in [-0.1, -0.05) is 17.3 Å². The van der Waals surface area contributed by atoms with Crippen LogP contribution < -0.4 is 0 Å². The molecule has 0 bridgehead atoms. The van der Waals surface area contributed by atoms with E-state index in [4.69, 9.17) is 16.1 Å². The summed E-state index contributed by atoms with van der Waals surface area (Å²) in [6, 6.07) is 6.62. The van der Waals surface area contributed by atoms with Crippen molar-refractivity contribution < 1.29 is 8.91 Å². The van der Waals surface area contributed by atoms with Crippen LogP contribution in [-0.2, 0) is 5.88 Å². The van der Waals surface area contributed by atoms with Gasteiger partial charge in [0.15, 0.2) is 5.82 Å². The van der Waals surface area contributed by atoms with Gasteiger partial charge < -0.3 is 4.52 Å². The molecule has 2 aromatic rings. The van der Waals surface area contributed by atoms with Crippen molar-refractivity contribution in [3.05, 3.63) is 58.7 Å². The summed E-state index contributed by atoms with van der Waals surface area (Å²) < 4.78 is 18.2. The summed E-state index contributed by atoms with van der Waals surface area (Å²) in [6.07, 6.45) is 0.855. The van der Waals surface area contributed by atoms with Crippen LogP contribution in [0.3, 0.4) is 0 Å². The van der Waals surface area contributed by atoms with E-state index < -0.39 is 0 Å². The third kappa shape index (κ3) is 1.80. The minimum Gasteiger partial charge on any atom is -0.338 e. The van der Waals surface area contributed by atoms with Gasteiger partial charge >= 0.3 is 0 Å². The van der Waals surface area contributed by atoms with Gasteiger partial charge in [0.2, 0.25) is 5.89 Å². The summed E-state index contributed by atoms with van der Waals surface area (Å²) in [7, 11) is 0. The van der Waals surface area contributed by atoms with Crippen LogP contribution in [-0.4, -0.2) is 10.1 Å². The lowest BCUT2D eigenvalue weighted by molar-refractivity contribution is 0.384. The van der Waals surface area contributed by atoms with Crippen LogP contribution >= 0.6 is 11.6 Å². The minimum absolute atomic E-state index is 0.202. The molecule has 2 aliphatic rings. The fourth-order valence-corrected chi connectivity index (χ4v) is 2.90. The van der Waals surface area contributed by atoms with Crippen molar-refractivity contribution >= 4 is 17.2 Å². The van der Waals surface area contributed by atoms with Gasteiger partial charge in [-0.2, -0.15) is 4.98 Å². The summed E-state index contributed by atoms with van der Waals surface area (Å²) in [6.45, 7) is 0. The highest BCUT2D eigenvalue weighted by molar-refractivity contribution is 6.16. The second-order valence-corrected chi connectivity index (χ2v) is 5.30.